The molecule has 0 unspecified atom stereocenters. The van der Waals surface area contributed by atoms with E-state index in [0.717, 1.165) is 36.2 Å². The number of carboxylic acids is 1. The number of benzene rings is 2. The van der Waals surface area contributed by atoms with Crippen LogP contribution in [0.15, 0.2) is 42.0 Å². The van der Waals surface area contributed by atoms with Gasteiger partial charge in [0.1, 0.15) is 43.8 Å². The van der Waals surface area contributed by atoms with Gasteiger partial charge in [-0.05, 0) is 60.9 Å². The highest BCUT2D eigenvalue weighted by Crippen LogP contribution is 2.38. The maximum absolute atomic E-state index is 13.5. The van der Waals surface area contributed by atoms with E-state index in [4.69, 9.17) is 14.2 Å². The lowest BCUT2D eigenvalue weighted by Crippen LogP contribution is -2.40. The molecule has 0 aliphatic carbocycles. The van der Waals surface area contributed by atoms with Gasteiger partial charge in [-0.1, -0.05) is 6.07 Å². The summed E-state index contributed by atoms with van der Waals surface area (Å²) in [6.07, 6.45) is -2.89. The molecule has 2 aromatic carbocycles. The minimum absolute atomic E-state index is 0. The van der Waals surface area contributed by atoms with Gasteiger partial charge in [0.05, 0.1) is 11.5 Å². The predicted octanol–water partition coefficient (Wildman–Crippen LogP) is 5.97. The number of nitrogens with zero attached hydrogens (tertiary/aromatic N) is 1. The maximum atomic E-state index is 13.5. The number of hydrogen-bond acceptors (Lipinski definition) is 5. The Morgan fingerprint density at radius 2 is 1.92 bits per heavy atom. The summed E-state index contributed by atoms with van der Waals surface area (Å²) in [5, 5.41) is 9.29. The standard InChI is InChI=1S/C27H28F5NO5.ClH/c28-11-22(12-29)38-24-6-3-17(9-23(24)27(30,31)32)15-36-21-5-4-19-8-18(16-37-25(19)10-21)13-33-7-1-2-20(14-33)26(34)35;/h3-6,8-10,20,22H,1-2,7,11-16H2,(H,34,35);1H/t20-;/m1./s1. The van der Waals surface area contributed by atoms with E-state index in [1.54, 1.807) is 18.2 Å². The molecule has 0 saturated carbocycles. The van der Waals surface area contributed by atoms with Gasteiger partial charge in [-0.25, -0.2) is 8.78 Å². The van der Waals surface area contributed by atoms with E-state index in [1.165, 1.54) is 6.07 Å². The minimum Gasteiger partial charge on any atom is -0.489 e. The summed E-state index contributed by atoms with van der Waals surface area (Å²) in [5.74, 6) is -0.822. The average Bonchev–Trinajstić information content (AvgIpc) is 2.90. The summed E-state index contributed by atoms with van der Waals surface area (Å²) in [6.45, 7) is -0.408. The summed E-state index contributed by atoms with van der Waals surface area (Å²) >= 11 is 0. The third-order valence-electron chi connectivity index (χ3n) is 6.43. The summed E-state index contributed by atoms with van der Waals surface area (Å²) < 4.78 is 82.4. The van der Waals surface area contributed by atoms with Crippen molar-refractivity contribution in [1.82, 2.24) is 4.90 Å². The highest BCUT2D eigenvalue weighted by molar-refractivity contribution is 5.85. The first-order valence-corrected chi connectivity index (χ1v) is 12.2. The third kappa shape index (κ3) is 7.98. The van der Waals surface area contributed by atoms with Crippen molar-refractivity contribution in [2.45, 2.75) is 31.7 Å². The molecule has 2 aromatic rings. The van der Waals surface area contributed by atoms with Gasteiger partial charge in [-0.3, -0.25) is 9.69 Å². The van der Waals surface area contributed by atoms with Crippen LogP contribution in [0.5, 0.6) is 17.2 Å². The molecule has 0 spiro atoms. The Balaban J connectivity index is 0.00000420. The fourth-order valence-electron chi connectivity index (χ4n) is 4.50. The Morgan fingerprint density at radius 3 is 2.62 bits per heavy atom. The van der Waals surface area contributed by atoms with Gasteiger partial charge in [0.25, 0.3) is 0 Å². The fraction of sp³-hybridized carbons (Fsp3) is 0.444. The number of rotatable bonds is 10. The number of likely N-dealkylation sites (tertiary alicyclic amines) is 1. The Morgan fingerprint density at radius 1 is 1.15 bits per heavy atom. The van der Waals surface area contributed by atoms with Crippen LogP contribution in [0.1, 0.15) is 29.5 Å². The van der Waals surface area contributed by atoms with Crippen molar-refractivity contribution >= 4 is 24.5 Å². The number of aliphatic carboxylic acids is 1. The van der Waals surface area contributed by atoms with Gasteiger partial charge >= 0.3 is 12.1 Å². The van der Waals surface area contributed by atoms with Crippen LogP contribution in [0.2, 0.25) is 0 Å². The molecule has 0 bridgehead atoms. The number of fused-ring (bicyclic) bond motifs is 1. The molecule has 39 heavy (non-hydrogen) atoms. The molecular formula is C27H29ClF5NO5. The van der Waals surface area contributed by atoms with E-state index < -0.39 is 42.9 Å². The molecule has 214 valence electrons. The zero-order valence-corrected chi connectivity index (χ0v) is 21.7. The first-order chi connectivity index (χ1) is 18.2. The van der Waals surface area contributed by atoms with Crippen LogP contribution in [-0.4, -0.2) is 61.7 Å². The molecule has 2 aliphatic heterocycles. The quantitative estimate of drug-likeness (QED) is 0.351. The molecule has 4 rings (SSSR count). The second-order valence-corrected chi connectivity index (χ2v) is 9.37. The molecule has 6 nitrogen and oxygen atoms in total. The average molecular weight is 578 g/mol. The van der Waals surface area contributed by atoms with Gasteiger partial charge in [0.2, 0.25) is 0 Å². The number of piperidine rings is 1. The van der Waals surface area contributed by atoms with Gasteiger partial charge in [0, 0.05) is 24.7 Å². The van der Waals surface area contributed by atoms with Crippen LogP contribution >= 0.6 is 12.4 Å². The molecular weight excluding hydrogens is 549 g/mol. The van der Waals surface area contributed by atoms with Crippen molar-refractivity contribution in [3.63, 3.8) is 0 Å². The van der Waals surface area contributed by atoms with E-state index in [-0.39, 0.29) is 30.5 Å². The third-order valence-corrected chi connectivity index (χ3v) is 6.43. The van der Waals surface area contributed by atoms with E-state index in [2.05, 4.69) is 4.90 Å². The summed E-state index contributed by atoms with van der Waals surface area (Å²) in [4.78, 5) is 13.4. The highest BCUT2D eigenvalue weighted by Gasteiger charge is 2.35. The molecule has 2 aliphatic rings. The van der Waals surface area contributed by atoms with Crippen LogP contribution in [0.4, 0.5) is 22.0 Å². The molecule has 1 atom stereocenters. The van der Waals surface area contributed by atoms with Gasteiger partial charge < -0.3 is 19.3 Å². The van der Waals surface area contributed by atoms with Crippen molar-refractivity contribution < 1.29 is 46.1 Å². The van der Waals surface area contributed by atoms with Gasteiger partial charge in [0.15, 0.2) is 6.10 Å². The minimum atomic E-state index is -4.78. The predicted molar refractivity (Wildman–Crippen MR) is 136 cm³/mol. The normalized spacial score (nSPS) is 17.5. The molecule has 12 heteroatoms. The molecule has 0 aromatic heterocycles. The number of hydrogen-bond donors (Lipinski definition) is 1. The summed E-state index contributed by atoms with van der Waals surface area (Å²) in [6, 6.07) is 8.33. The van der Waals surface area contributed by atoms with Crippen LogP contribution in [0, 0.1) is 5.92 Å². The van der Waals surface area contributed by atoms with E-state index in [9.17, 15) is 31.9 Å². The Hall–Kier alpha value is -3.05. The highest BCUT2D eigenvalue weighted by atomic mass is 35.5. The van der Waals surface area contributed by atoms with E-state index in [0.29, 0.717) is 37.6 Å². The Bertz CT molecular complexity index is 1170. The number of carbonyl (C=O) groups is 1. The molecule has 1 N–H and O–H groups in total. The first-order valence-electron chi connectivity index (χ1n) is 12.2. The maximum Gasteiger partial charge on any atom is 0.419 e. The van der Waals surface area contributed by atoms with Crippen molar-refractivity contribution in [3.05, 3.63) is 58.7 Å². The summed E-state index contributed by atoms with van der Waals surface area (Å²) in [7, 11) is 0. The number of halogens is 6. The molecule has 1 saturated heterocycles. The number of carboxylic acid groups (broad SMARTS) is 1. The molecule has 0 radical (unpaired) electrons. The Kier molecular flexibility index (Phi) is 10.4. The second kappa shape index (κ2) is 13.3. The van der Waals surface area contributed by atoms with Crippen LogP contribution in [-0.2, 0) is 17.6 Å². The summed E-state index contributed by atoms with van der Waals surface area (Å²) in [5.41, 5.74) is 0.896. The monoisotopic (exact) mass is 577 g/mol. The van der Waals surface area contributed by atoms with Crippen LogP contribution in [0.3, 0.4) is 0 Å². The van der Waals surface area contributed by atoms with Crippen molar-refractivity contribution in [3.8, 4) is 17.2 Å². The van der Waals surface area contributed by atoms with Crippen LogP contribution < -0.4 is 14.2 Å². The second-order valence-electron chi connectivity index (χ2n) is 9.37. The number of ether oxygens (including phenoxy) is 3. The van der Waals surface area contributed by atoms with Gasteiger partial charge in [-0.15, -0.1) is 12.4 Å². The molecule has 0 amide bonds. The lowest BCUT2D eigenvalue weighted by Gasteiger charge is -2.32. The zero-order chi connectivity index (χ0) is 27.3. The van der Waals surface area contributed by atoms with Crippen LogP contribution in [0.25, 0.3) is 6.08 Å². The Labute approximate surface area is 228 Å². The molecule has 1 fully saturated rings. The largest absolute Gasteiger partial charge is 0.489 e. The fourth-order valence-corrected chi connectivity index (χ4v) is 4.50. The lowest BCUT2D eigenvalue weighted by atomic mass is 9.97. The topological polar surface area (TPSA) is 68.2 Å². The zero-order valence-electron chi connectivity index (χ0n) is 20.9. The first kappa shape index (κ1) is 30.5. The van der Waals surface area contributed by atoms with Crippen molar-refractivity contribution in [2.24, 2.45) is 5.92 Å². The lowest BCUT2D eigenvalue weighted by molar-refractivity contribution is -0.143. The van der Waals surface area contributed by atoms with Crippen molar-refractivity contribution in [1.29, 1.82) is 0 Å². The van der Waals surface area contributed by atoms with Crippen molar-refractivity contribution in [2.75, 3.05) is 39.6 Å². The smallest absolute Gasteiger partial charge is 0.419 e. The SMILES string of the molecule is Cl.O=C(O)[C@@H]1CCCN(CC2=Cc3ccc(OCc4ccc(OC(CF)CF)c(C(F)(F)F)c4)cc3OC2)C1. The van der Waals surface area contributed by atoms with Gasteiger partial charge in [-0.2, -0.15) is 13.2 Å². The van der Waals surface area contributed by atoms with E-state index in [1.807, 2.05) is 6.08 Å². The number of alkyl halides is 5. The van der Waals surface area contributed by atoms with E-state index >= 15 is 0 Å². The molecule has 2 heterocycles.